The second kappa shape index (κ2) is 7.17. The summed E-state index contributed by atoms with van der Waals surface area (Å²) in [4.78, 5) is 34.7. The zero-order valence-corrected chi connectivity index (χ0v) is 13.5. The maximum absolute atomic E-state index is 11.9. The monoisotopic (exact) mass is 298 g/mol. The zero-order chi connectivity index (χ0) is 17.0. The SMILES string of the molecule is C=C(C)C(=O)C(C)OC(=O)C(C)=CC(C(=O)O)[N+](C)(C)C. The van der Waals surface area contributed by atoms with E-state index < -0.39 is 24.1 Å². The molecule has 6 nitrogen and oxygen atoms in total. The highest BCUT2D eigenvalue weighted by atomic mass is 16.5. The Hall–Kier alpha value is -1.95. The molecule has 0 aromatic heterocycles. The number of esters is 1. The molecule has 21 heavy (non-hydrogen) atoms. The number of Topliss-reactive ketones (excluding diaryl/α,β-unsaturated/α-hetero) is 1. The first-order valence-electron chi connectivity index (χ1n) is 6.51. The highest BCUT2D eigenvalue weighted by molar-refractivity contribution is 5.99. The molecule has 0 aromatic carbocycles. The molecular formula is C15H24NO5+. The van der Waals surface area contributed by atoms with Crippen molar-refractivity contribution in [3.8, 4) is 0 Å². The van der Waals surface area contributed by atoms with Crippen molar-refractivity contribution in [1.29, 1.82) is 0 Å². The number of hydrogen-bond acceptors (Lipinski definition) is 4. The quantitative estimate of drug-likeness (QED) is 0.433. The molecule has 0 radical (unpaired) electrons. The van der Waals surface area contributed by atoms with Crippen molar-refractivity contribution in [2.45, 2.75) is 32.9 Å². The predicted molar refractivity (Wildman–Crippen MR) is 78.6 cm³/mol. The Balaban J connectivity index is 5.07. The van der Waals surface area contributed by atoms with E-state index in [1.807, 2.05) is 0 Å². The van der Waals surface area contributed by atoms with Gasteiger partial charge in [-0.2, -0.15) is 0 Å². The van der Waals surface area contributed by atoms with Crippen LogP contribution in [0, 0.1) is 0 Å². The molecule has 0 saturated heterocycles. The first-order chi connectivity index (χ1) is 9.37. The molecule has 0 amide bonds. The minimum atomic E-state index is -1.04. The maximum Gasteiger partial charge on any atom is 0.366 e. The van der Waals surface area contributed by atoms with E-state index in [0.717, 1.165) is 0 Å². The lowest BCUT2D eigenvalue weighted by Crippen LogP contribution is -2.49. The van der Waals surface area contributed by atoms with Gasteiger partial charge >= 0.3 is 11.9 Å². The number of ketones is 1. The van der Waals surface area contributed by atoms with Crippen molar-refractivity contribution in [2.24, 2.45) is 0 Å². The topological polar surface area (TPSA) is 80.7 Å². The molecule has 118 valence electrons. The van der Waals surface area contributed by atoms with Gasteiger partial charge in [-0.25, -0.2) is 9.59 Å². The van der Waals surface area contributed by atoms with Gasteiger partial charge in [0.25, 0.3) is 0 Å². The van der Waals surface area contributed by atoms with Gasteiger partial charge in [0.15, 0.2) is 11.9 Å². The third-order valence-corrected chi connectivity index (χ3v) is 2.89. The molecule has 1 N–H and O–H groups in total. The van der Waals surface area contributed by atoms with E-state index >= 15 is 0 Å². The summed E-state index contributed by atoms with van der Waals surface area (Å²) in [6.45, 7) is 7.95. The van der Waals surface area contributed by atoms with Gasteiger partial charge in [-0.1, -0.05) is 6.58 Å². The van der Waals surface area contributed by atoms with Gasteiger partial charge in [-0.3, -0.25) is 4.79 Å². The first-order valence-corrected chi connectivity index (χ1v) is 6.51. The molecule has 0 bridgehead atoms. The number of aliphatic carboxylic acids is 1. The van der Waals surface area contributed by atoms with Crippen LogP contribution in [0.2, 0.25) is 0 Å². The van der Waals surface area contributed by atoms with Gasteiger partial charge in [-0.05, 0) is 32.4 Å². The third-order valence-electron chi connectivity index (χ3n) is 2.89. The lowest BCUT2D eigenvalue weighted by Gasteiger charge is -2.29. The van der Waals surface area contributed by atoms with Gasteiger partial charge < -0.3 is 14.3 Å². The predicted octanol–water partition coefficient (Wildman–Crippen LogP) is 1.17. The summed E-state index contributed by atoms with van der Waals surface area (Å²) in [7, 11) is 5.13. The van der Waals surface area contributed by atoms with Crippen LogP contribution in [0.5, 0.6) is 0 Å². The molecule has 2 unspecified atom stereocenters. The second-order valence-corrected chi connectivity index (χ2v) is 5.94. The lowest BCUT2D eigenvalue weighted by molar-refractivity contribution is -0.880. The largest absolute Gasteiger partial charge is 0.477 e. The third kappa shape index (κ3) is 5.91. The van der Waals surface area contributed by atoms with Gasteiger partial charge in [-0.15, -0.1) is 0 Å². The minimum Gasteiger partial charge on any atom is -0.477 e. The molecule has 0 aliphatic heterocycles. The fraction of sp³-hybridized carbons (Fsp3) is 0.533. The Bertz CT molecular complexity index is 485. The zero-order valence-electron chi connectivity index (χ0n) is 13.5. The van der Waals surface area contributed by atoms with Gasteiger partial charge in [0.1, 0.15) is 0 Å². The standard InChI is InChI=1S/C15H23NO5/c1-9(2)13(17)11(4)21-15(20)10(3)8-12(14(18)19)16(5,6)7/h8,11-12H,1H2,2-7H3/p+1. The van der Waals surface area contributed by atoms with Crippen LogP contribution in [-0.4, -0.2) is 60.6 Å². The number of ether oxygens (including phenoxy) is 1. The lowest BCUT2D eigenvalue weighted by atomic mass is 10.1. The molecule has 0 aromatic rings. The van der Waals surface area contributed by atoms with E-state index in [4.69, 9.17) is 4.74 Å². The smallest absolute Gasteiger partial charge is 0.366 e. The van der Waals surface area contributed by atoms with Crippen molar-refractivity contribution < 1.29 is 28.7 Å². The Morgan fingerprint density at radius 3 is 2.00 bits per heavy atom. The van der Waals surface area contributed by atoms with E-state index in [-0.39, 0.29) is 15.8 Å². The van der Waals surface area contributed by atoms with E-state index in [1.165, 1.54) is 26.8 Å². The van der Waals surface area contributed by atoms with Crippen LogP contribution >= 0.6 is 0 Å². The molecule has 0 aliphatic carbocycles. The Labute approximate surface area is 125 Å². The summed E-state index contributed by atoms with van der Waals surface area (Å²) in [5.41, 5.74) is 0.448. The van der Waals surface area contributed by atoms with E-state index in [0.29, 0.717) is 5.57 Å². The molecule has 0 spiro atoms. The molecule has 0 heterocycles. The van der Waals surface area contributed by atoms with Crippen LogP contribution in [0.3, 0.4) is 0 Å². The van der Waals surface area contributed by atoms with Crippen molar-refractivity contribution in [3.05, 3.63) is 23.8 Å². The molecule has 0 rings (SSSR count). The van der Waals surface area contributed by atoms with E-state index in [2.05, 4.69) is 6.58 Å². The molecule has 2 atom stereocenters. The van der Waals surface area contributed by atoms with Crippen LogP contribution in [0.4, 0.5) is 0 Å². The maximum atomic E-state index is 11.9. The van der Waals surface area contributed by atoms with Crippen LogP contribution < -0.4 is 0 Å². The highest BCUT2D eigenvalue weighted by Crippen LogP contribution is 2.11. The van der Waals surface area contributed by atoms with Gasteiger partial charge in [0.05, 0.1) is 21.1 Å². The first kappa shape index (κ1) is 19.1. The van der Waals surface area contributed by atoms with E-state index in [9.17, 15) is 19.5 Å². The Kier molecular flexibility index (Phi) is 6.51. The number of hydrogen-bond donors (Lipinski definition) is 1. The normalized spacial score (nSPS) is 15.0. The number of nitrogens with zero attached hydrogens (tertiary/aromatic N) is 1. The minimum absolute atomic E-state index is 0.125. The molecule has 0 saturated carbocycles. The number of carbonyl (C=O) groups is 3. The van der Waals surface area contributed by atoms with Crippen LogP contribution in [0.25, 0.3) is 0 Å². The van der Waals surface area contributed by atoms with Crippen LogP contribution in [0.1, 0.15) is 20.8 Å². The summed E-state index contributed by atoms with van der Waals surface area (Å²) < 4.78 is 5.14. The van der Waals surface area contributed by atoms with E-state index in [1.54, 1.807) is 21.1 Å². The molecular weight excluding hydrogens is 274 g/mol. The van der Waals surface area contributed by atoms with Crippen LogP contribution in [0.15, 0.2) is 23.8 Å². The number of carbonyl (C=O) groups excluding carboxylic acids is 2. The summed E-state index contributed by atoms with van der Waals surface area (Å²) in [5, 5.41) is 9.20. The molecule has 0 aliphatic rings. The average molecular weight is 298 g/mol. The summed E-state index contributed by atoms with van der Waals surface area (Å²) in [5.74, 6) is -2.12. The molecule has 0 fully saturated rings. The number of carboxylic acid groups (broad SMARTS) is 1. The number of quaternary nitrogens is 1. The summed E-state index contributed by atoms with van der Waals surface area (Å²) in [6.07, 6.45) is 0.397. The Morgan fingerprint density at radius 2 is 1.67 bits per heavy atom. The number of rotatable bonds is 7. The van der Waals surface area contributed by atoms with Gasteiger partial charge in [0.2, 0.25) is 6.04 Å². The second-order valence-electron chi connectivity index (χ2n) is 5.94. The average Bonchev–Trinajstić information content (AvgIpc) is 2.32. The summed E-state index contributed by atoms with van der Waals surface area (Å²) in [6, 6.07) is -0.885. The highest BCUT2D eigenvalue weighted by Gasteiger charge is 2.30. The van der Waals surface area contributed by atoms with Crippen LogP contribution in [-0.2, 0) is 19.1 Å². The van der Waals surface area contributed by atoms with Crippen molar-refractivity contribution in [1.82, 2.24) is 0 Å². The molecule has 6 heteroatoms. The van der Waals surface area contributed by atoms with Gasteiger partial charge in [0, 0.05) is 5.57 Å². The number of carboxylic acids is 1. The number of likely N-dealkylation sites (N-methyl/N-ethyl adjacent to an activating group) is 1. The van der Waals surface area contributed by atoms with Crippen molar-refractivity contribution >= 4 is 17.7 Å². The fourth-order valence-corrected chi connectivity index (χ4v) is 1.59. The fourth-order valence-electron chi connectivity index (χ4n) is 1.59. The Morgan fingerprint density at radius 1 is 1.19 bits per heavy atom. The van der Waals surface area contributed by atoms with Crippen molar-refractivity contribution in [3.63, 3.8) is 0 Å². The van der Waals surface area contributed by atoms with Crippen molar-refractivity contribution in [2.75, 3.05) is 21.1 Å². The summed E-state index contributed by atoms with van der Waals surface area (Å²) >= 11 is 0.